The van der Waals surface area contributed by atoms with Crippen LogP contribution in [0.15, 0.2) is 54.6 Å². The van der Waals surface area contributed by atoms with E-state index in [1.54, 1.807) is 0 Å². The van der Waals surface area contributed by atoms with Crippen LogP contribution < -0.4 is 15.4 Å². The zero-order chi connectivity index (χ0) is 19.5. The lowest BCUT2D eigenvalue weighted by atomic mass is 9.96. The number of para-hydroxylation sites is 2. The number of nitrogens with zero attached hydrogens (tertiary/aromatic N) is 2. The van der Waals surface area contributed by atoms with Crippen LogP contribution in [0.3, 0.4) is 0 Å². The smallest absolute Gasteiger partial charge is 0.241 e. The molecule has 1 atom stereocenters. The highest BCUT2D eigenvalue weighted by Gasteiger charge is 2.34. The van der Waals surface area contributed by atoms with Crippen LogP contribution in [0.4, 0.5) is 5.69 Å². The van der Waals surface area contributed by atoms with Crippen molar-refractivity contribution in [1.29, 1.82) is 0 Å². The molecule has 2 N–H and O–H groups in total. The number of anilines is 1. The average molecular weight is 379 g/mol. The number of likely N-dealkylation sites (tertiary alicyclic amines) is 1. The van der Waals surface area contributed by atoms with Gasteiger partial charge in [0.1, 0.15) is 12.4 Å². The predicted molar refractivity (Wildman–Crippen MR) is 107 cm³/mol. The fourth-order valence-corrected chi connectivity index (χ4v) is 4.06. The monoisotopic (exact) mass is 379 g/mol. The maximum absolute atomic E-state index is 13.4. The summed E-state index contributed by atoms with van der Waals surface area (Å²) in [6.07, 6.45) is 1.43. The molecule has 2 heterocycles. The van der Waals surface area contributed by atoms with Crippen molar-refractivity contribution in [2.75, 3.05) is 31.1 Å². The summed E-state index contributed by atoms with van der Waals surface area (Å²) >= 11 is 0. The zero-order valence-electron chi connectivity index (χ0n) is 15.8. The van der Waals surface area contributed by atoms with Crippen LogP contribution >= 0.6 is 0 Å². The van der Waals surface area contributed by atoms with E-state index in [4.69, 9.17) is 10.5 Å². The number of fused-ring (bicyclic) bond motifs is 1. The number of carbonyl (C=O) groups is 2. The molecule has 1 saturated heterocycles. The van der Waals surface area contributed by atoms with Crippen LogP contribution in [0.5, 0.6) is 5.75 Å². The number of hydrogen-bond acceptors (Lipinski definition) is 4. The van der Waals surface area contributed by atoms with E-state index in [-0.39, 0.29) is 23.8 Å². The zero-order valence-corrected chi connectivity index (χ0v) is 15.8. The minimum absolute atomic E-state index is 0.0436. The van der Waals surface area contributed by atoms with Gasteiger partial charge in [-0.25, -0.2) is 0 Å². The fourth-order valence-electron chi connectivity index (χ4n) is 4.06. The highest BCUT2D eigenvalue weighted by atomic mass is 16.5. The van der Waals surface area contributed by atoms with Gasteiger partial charge < -0.3 is 10.5 Å². The molecule has 2 amide bonds. The third-order valence-corrected chi connectivity index (χ3v) is 5.64. The molecule has 0 aliphatic carbocycles. The highest BCUT2D eigenvalue weighted by molar-refractivity contribution is 5.97. The Morgan fingerprint density at radius 1 is 1.00 bits per heavy atom. The molecule has 2 aromatic carbocycles. The van der Waals surface area contributed by atoms with Gasteiger partial charge in [-0.05, 0) is 43.6 Å². The SMILES string of the molecule is NC(=O)C1CCN(CC(=O)N2c3ccccc3OCC2c2ccccc2)CC1. The van der Waals surface area contributed by atoms with Gasteiger partial charge in [-0.15, -0.1) is 0 Å². The molecule has 0 aromatic heterocycles. The summed E-state index contributed by atoms with van der Waals surface area (Å²) in [5.74, 6) is 0.461. The maximum atomic E-state index is 13.4. The fraction of sp³-hybridized carbons (Fsp3) is 0.364. The Balaban J connectivity index is 1.55. The Kier molecular flexibility index (Phi) is 5.30. The average Bonchev–Trinajstić information content (AvgIpc) is 2.74. The second-order valence-corrected chi connectivity index (χ2v) is 7.42. The van der Waals surface area contributed by atoms with E-state index in [9.17, 15) is 9.59 Å². The van der Waals surface area contributed by atoms with E-state index in [0.717, 1.165) is 17.0 Å². The molecule has 2 aromatic rings. The van der Waals surface area contributed by atoms with Crippen LogP contribution in [0, 0.1) is 5.92 Å². The molecule has 0 saturated carbocycles. The molecular formula is C22H25N3O3. The topological polar surface area (TPSA) is 75.9 Å². The van der Waals surface area contributed by atoms with Crippen LogP contribution in [0.1, 0.15) is 24.4 Å². The summed E-state index contributed by atoms with van der Waals surface area (Å²) in [6, 6.07) is 17.5. The number of rotatable bonds is 4. The lowest BCUT2D eigenvalue weighted by molar-refractivity contribution is -0.123. The Bertz CT molecular complexity index is 847. The standard InChI is InChI=1S/C22H25N3O3/c23-22(27)17-10-12-24(13-11-17)14-21(26)25-18-8-4-5-9-20(18)28-15-19(25)16-6-2-1-3-7-16/h1-9,17,19H,10-15H2,(H2,23,27). The van der Waals surface area contributed by atoms with Crippen molar-refractivity contribution in [1.82, 2.24) is 4.90 Å². The van der Waals surface area contributed by atoms with Gasteiger partial charge in [0.2, 0.25) is 11.8 Å². The van der Waals surface area contributed by atoms with E-state index in [2.05, 4.69) is 4.90 Å². The normalized spacial score (nSPS) is 20.3. The largest absolute Gasteiger partial charge is 0.489 e. The van der Waals surface area contributed by atoms with Crippen LogP contribution in [0.25, 0.3) is 0 Å². The number of carbonyl (C=O) groups excluding carboxylic acids is 2. The van der Waals surface area contributed by atoms with Gasteiger partial charge in [-0.3, -0.25) is 19.4 Å². The summed E-state index contributed by atoms with van der Waals surface area (Å²) in [5.41, 5.74) is 7.28. The molecule has 1 unspecified atom stereocenters. The summed E-state index contributed by atoms with van der Waals surface area (Å²) in [5, 5.41) is 0. The molecule has 0 spiro atoms. The Morgan fingerprint density at radius 2 is 1.68 bits per heavy atom. The van der Waals surface area contributed by atoms with Gasteiger partial charge in [0.25, 0.3) is 0 Å². The van der Waals surface area contributed by atoms with Crippen molar-refractivity contribution in [3.8, 4) is 5.75 Å². The number of hydrogen-bond donors (Lipinski definition) is 1. The van der Waals surface area contributed by atoms with E-state index < -0.39 is 0 Å². The first-order valence-corrected chi connectivity index (χ1v) is 9.74. The molecule has 0 radical (unpaired) electrons. The first kappa shape index (κ1) is 18.5. The van der Waals surface area contributed by atoms with Crippen molar-refractivity contribution < 1.29 is 14.3 Å². The molecule has 28 heavy (non-hydrogen) atoms. The molecule has 0 bridgehead atoms. The van der Waals surface area contributed by atoms with Gasteiger partial charge in [-0.2, -0.15) is 0 Å². The van der Waals surface area contributed by atoms with Crippen LogP contribution in [0.2, 0.25) is 0 Å². The van der Waals surface area contributed by atoms with Crippen molar-refractivity contribution in [3.05, 3.63) is 60.2 Å². The Hall–Kier alpha value is -2.86. The third-order valence-electron chi connectivity index (χ3n) is 5.64. The van der Waals surface area contributed by atoms with Gasteiger partial charge in [0, 0.05) is 5.92 Å². The van der Waals surface area contributed by atoms with Crippen LogP contribution in [-0.4, -0.2) is 43.0 Å². The van der Waals surface area contributed by atoms with Crippen molar-refractivity contribution >= 4 is 17.5 Å². The minimum atomic E-state index is -0.239. The number of nitrogens with two attached hydrogens (primary N) is 1. The molecule has 2 aliphatic rings. The molecule has 6 nitrogen and oxygen atoms in total. The summed E-state index contributed by atoms with van der Waals surface area (Å²) < 4.78 is 5.94. The van der Waals surface area contributed by atoms with E-state index in [1.165, 1.54) is 0 Å². The summed E-state index contributed by atoms with van der Waals surface area (Å²) in [7, 11) is 0. The second-order valence-electron chi connectivity index (χ2n) is 7.42. The second kappa shape index (κ2) is 8.02. The number of ether oxygens (including phenoxy) is 1. The number of primary amides is 1. The quantitative estimate of drug-likeness (QED) is 0.885. The third kappa shape index (κ3) is 3.73. The number of piperidine rings is 1. The number of benzene rings is 2. The lowest BCUT2D eigenvalue weighted by Gasteiger charge is -2.39. The highest BCUT2D eigenvalue weighted by Crippen LogP contribution is 2.39. The van der Waals surface area contributed by atoms with Gasteiger partial charge in [0.05, 0.1) is 18.3 Å². The minimum Gasteiger partial charge on any atom is -0.489 e. The van der Waals surface area contributed by atoms with Crippen molar-refractivity contribution in [2.45, 2.75) is 18.9 Å². The van der Waals surface area contributed by atoms with Gasteiger partial charge in [0.15, 0.2) is 0 Å². The van der Waals surface area contributed by atoms with E-state index in [1.807, 2.05) is 59.5 Å². The van der Waals surface area contributed by atoms with E-state index >= 15 is 0 Å². The first-order valence-electron chi connectivity index (χ1n) is 9.74. The first-order chi connectivity index (χ1) is 13.6. The predicted octanol–water partition coefficient (Wildman–Crippen LogP) is 2.35. The molecule has 6 heteroatoms. The molecule has 2 aliphatic heterocycles. The van der Waals surface area contributed by atoms with Gasteiger partial charge in [-0.1, -0.05) is 42.5 Å². The molecule has 1 fully saturated rings. The van der Waals surface area contributed by atoms with Crippen molar-refractivity contribution in [3.63, 3.8) is 0 Å². The Labute approximate surface area is 164 Å². The number of amides is 2. The van der Waals surface area contributed by atoms with E-state index in [0.29, 0.717) is 39.1 Å². The summed E-state index contributed by atoms with van der Waals surface area (Å²) in [6.45, 7) is 2.17. The molecular weight excluding hydrogens is 354 g/mol. The molecule has 4 rings (SSSR count). The lowest BCUT2D eigenvalue weighted by Crippen LogP contribution is -2.48. The Morgan fingerprint density at radius 3 is 2.39 bits per heavy atom. The van der Waals surface area contributed by atoms with Crippen molar-refractivity contribution in [2.24, 2.45) is 11.7 Å². The molecule has 146 valence electrons. The maximum Gasteiger partial charge on any atom is 0.241 e. The van der Waals surface area contributed by atoms with Crippen LogP contribution in [-0.2, 0) is 9.59 Å². The summed E-state index contributed by atoms with van der Waals surface area (Å²) in [4.78, 5) is 28.7. The van der Waals surface area contributed by atoms with Gasteiger partial charge >= 0.3 is 0 Å².